The fraction of sp³-hybridized carbons (Fsp3) is 0.323. The van der Waals surface area contributed by atoms with Crippen molar-refractivity contribution >= 4 is 35.1 Å². The molecule has 0 bridgehead atoms. The first-order chi connectivity index (χ1) is 19.4. The van der Waals surface area contributed by atoms with E-state index in [4.69, 9.17) is 9.47 Å². The number of amides is 1. The first-order valence-corrected chi connectivity index (χ1v) is 14.4. The van der Waals surface area contributed by atoms with Gasteiger partial charge in [0.2, 0.25) is 0 Å². The molecule has 3 aromatic carbocycles. The summed E-state index contributed by atoms with van der Waals surface area (Å²) in [6, 6.07) is 22.4. The van der Waals surface area contributed by atoms with E-state index in [9.17, 15) is 14.9 Å². The van der Waals surface area contributed by atoms with Crippen molar-refractivity contribution in [3.05, 3.63) is 98.9 Å². The van der Waals surface area contributed by atoms with Crippen LogP contribution >= 0.6 is 11.8 Å². The number of hydrogen-bond donors (Lipinski definition) is 1. The van der Waals surface area contributed by atoms with Crippen molar-refractivity contribution in [3.63, 3.8) is 0 Å². The highest BCUT2D eigenvalue weighted by Gasteiger charge is 2.43. The molecule has 0 radical (unpaired) electrons. The van der Waals surface area contributed by atoms with E-state index in [0.29, 0.717) is 22.1 Å². The van der Waals surface area contributed by atoms with Gasteiger partial charge in [-0.3, -0.25) is 14.9 Å². The van der Waals surface area contributed by atoms with Crippen LogP contribution in [0.15, 0.2) is 77.7 Å². The number of hydrogen-bond acceptors (Lipinski definition) is 7. The van der Waals surface area contributed by atoms with Crippen LogP contribution in [0.1, 0.15) is 43.7 Å². The van der Waals surface area contributed by atoms with Gasteiger partial charge in [-0.05, 0) is 48.6 Å². The zero-order chi connectivity index (χ0) is 28.1. The molecule has 9 heteroatoms. The fourth-order valence-corrected chi connectivity index (χ4v) is 6.56. The number of para-hydroxylation sites is 1. The third kappa shape index (κ3) is 6.09. The largest absolute Gasteiger partial charge is 0.493 e. The number of benzene rings is 3. The number of rotatable bonds is 9. The van der Waals surface area contributed by atoms with Gasteiger partial charge in [0.05, 0.1) is 28.6 Å². The van der Waals surface area contributed by atoms with Crippen LogP contribution in [0.2, 0.25) is 0 Å². The third-order valence-electron chi connectivity index (χ3n) is 7.46. The van der Waals surface area contributed by atoms with Gasteiger partial charge in [0.25, 0.3) is 11.6 Å². The van der Waals surface area contributed by atoms with E-state index < -0.39 is 4.92 Å². The average Bonchev–Trinajstić information content (AvgIpc) is 3.26. The summed E-state index contributed by atoms with van der Waals surface area (Å²) in [6.45, 7) is 2.44. The maximum atomic E-state index is 13.9. The van der Waals surface area contributed by atoms with E-state index in [1.165, 1.54) is 24.9 Å². The third-order valence-corrected chi connectivity index (χ3v) is 8.57. The zero-order valence-corrected chi connectivity index (χ0v) is 23.4. The summed E-state index contributed by atoms with van der Waals surface area (Å²) in [6.07, 6.45) is 5.87. The zero-order valence-electron chi connectivity index (χ0n) is 22.6. The standard InChI is InChI=1S/C31H33N3O5S/c1-21-11-9-10-16-25(21)33-30(35)29(40-31(33)32-24-14-7-4-8-15-24)18-23-17-27(38-2)28(19-26(23)34(36)37)39-20-22-12-5-3-6-13-22/h3-8,12-15,17-19,21,25,31-32H,9-11,16,20H2,1-2H3/b29-18-/t21-,25-,31?/m0/s1. The van der Waals surface area contributed by atoms with Gasteiger partial charge in [0.15, 0.2) is 17.0 Å². The molecule has 2 aliphatic rings. The van der Waals surface area contributed by atoms with Crippen molar-refractivity contribution < 1.29 is 19.2 Å². The van der Waals surface area contributed by atoms with E-state index in [1.807, 2.05) is 65.6 Å². The van der Waals surface area contributed by atoms with Gasteiger partial charge in [-0.15, -0.1) is 0 Å². The van der Waals surface area contributed by atoms with E-state index in [1.54, 1.807) is 12.1 Å². The fourth-order valence-electron chi connectivity index (χ4n) is 5.35. The first-order valence-electron chi connectivity index (χ1n) is 13.5. The molecule has 1 aliphatic heterocycles. The Balaban J connectivity index is 1.48. The second-order valence-electron chi connectivity index (χ2n) is 10.1. The normalized spacial score (nSPS) is 21.9. The smallest absolute Gasteiger partial charge is 0.280 e. The summed E-state index contributed by atoms with van der Waals surface area (Å²) in [5, 5.41) is 15.6. The van der Waals surface area contributed by atoms with Crippen LogP contribution in [0.3, 0.4) is 0 Å². The van der Waals surface area contributed by atoms with Crippen molar-refractivity contribution in [2.24, 2.45) is 5.92 Å². The average molecular weight is 560 g/mol. The molecule has 1 unspecified atom stereocenters. The van der Waals surface area contributed by atoms with Crippen LogP contribution in [0.5, 0.6) is 11.5 Å². The lowest BCUT2D eigenvalue weighted by atomic mass is 9.85. The lowest BCUT2D eigenvalue weighted by Gasteiger charge is -2.39. The second-order valence-corrected chi connectivity index (χ2v) is 11.2. The molecule has 1 heterocycles. The maximum Gasteiger partial charge on any atom is 0.280 e. The number of ether oxygens (including phenoxy) is 2. The lowest BCUT2D eigenvalue weighted by Crippen LogP contribution is -2.48. The van der Waals surface area contributed by atoms with Gasteiger partial charge in [-0.2, -0.15) is 0 Å². The Morgan fingerprint density at radius 3 is 2.42 bits per heavy atom. The summed E-state index contributed by atoms with van der Waals surface area (Å²) in [4.78, 5) is 28.0. The van der Waals surface area contributed by atoms with Crippen molar-refractivity contribution in [1.82, 2.24) is 4.90 Å². The van der Waals surface area contributed by atoms with Gasteiger partial charge in [-0.1, -0.05) is 80.1 Å². The predicted molar refractivity (Wildman–Crippen MR) is 158 cm³/mol. The monoisotopic (exact) mass is 559 g/mol. The van der Waals surface area contributed by atoms with E-state index in [-0.39, 0.29) is 35.5 Å². The van der Waals surface area contributed by atoms with Gasteiger partial charge in [0.1, 0.15) is 6.61 Å². The Bertz CT molecular complexity index is 1380. The summed E-state index contributed by atoms with van der Waals surface area (Å²) in [5.41, 5.74) is 1.67. The Morgan fingerprint density at radius 1 is 1.05 bits per heavy atom. The number of anilines is 1. The van der Waals surface area contributed by atoms with Gasteiger partial charge >= 0.3 is 0 Å². The molecule has 3 atom stereocenters. The number of nitrogens with one attached hydrogen (secondary N) is 1. The second kappa shape index (κ2) is 12.5. The maximum absolute atomic E-state index is 13.9. The summed E-state index contributed by atoms with van der Waals surface area (Å²) >= 11 is 1.39. The summed E-state index contributed by atoms with van der Waals surface area (Å²) in [5.74, 6) is 0.885. The Hall–Kier alpha value is -3.98. The molecule has 1 aliphatic carbocycles. The number of nitro groups is 1. The molecule has 1 N–H and O–H groups in total. The topological polar surface area (TPSA) is 93.9 Å². The molecular formula is C31H33N3O5S. The quantitative estimate of drug-likeness (QED) is 0.170. The molecule has 1 saturated carbocycles. The van der Waals surface area contributed by atoms with E-state index in [0.717, 1.165) is 36.9 Å². The molecule has 3 aromatic rings. The van der Waals surface area contributed by atoms with Gasteiger partial charge in [-0.25, -0.2) is 0 Å². The van der Waals surface area contributed by atoms with Crippen LogP contribution in [-0.2, 0) is 11.4 Å². The molecule has 40 heavy (non-hydrogen) atoms. The van der Waals surface area contributed by atoms with Crippen LogP contribution in [0.25, 0.3) is 6.08 Å². The molecular weight excluding hydrogens is 526 g/mol. The molecule has 1 amide bonds. The Kier molecular flexibility index (Phi) is 8.60. The Labute approximate surface area is 238 Å². The predicted octanol–water partition coefficient (Wildman–Crippen LogP) is 7.07. The van der Waals surface area contributed by atoms with Crippen molar-refractivity contribution in [2.45, 2.75) is 50.8 Å². The van der Waals surface area contributed by atoms with Crippen LogP contribution in [0.4, 0.5) is 11.4 Å². The van der Waals surface area contributed by atoms with Crippen molar-refractivity contribution in [1.29, 1.82) is 0 Å². The molecule has 1 saturated heterocycles. The summed E-state index contributed by atoms with van der Waals surface area (Å²) < 4.78 is 11.4. The molecule has 2 fully saturated rings. The SMILES string of the molecule is COc1cc(/C=C2\SC(Nc3ccccc3)N([C@H]3CCCC[C@@H]3C)C2=O)c([N+](=O)[O-])cc1OCc1ccccc1. The van der Waals surface area contributed by atoms with Crippen LogP contribution in [-0.4, -0.2) is 34.4 Å². The molecule has 0 spiro atoms. The Morgan fingerprint density at radius 2 is 1.75 bits per heavy atom. The minimum Gasteiger partial charge on any atom is -0.493 e. The number of thioether (sulfide) groups is 1. The molecule has 208 valence electrons. The lowest BCUT2D eigenvalue weighted by molar-refractivity contribution is -0.385. The van der Waals surface area contributed by atoms with Crippen LogP contribution in [0, 0.1) is 16.0 Å². The van der Waals surface area contributed by atoms with Crippen molar-refractivity contribution in [3.8, 4) is 11.5 Å². The highest BCUT2D eigenvalue weighted by molar-refractivity contribution is 8.05. The van der Waals surface area contributed by atoms with Crippen molar-refractivity contribution in [2.75, 3.05) is 12.4 Å². The number of methoxy groups -OCH3 is 1. The minimum atomic E-state index is -0.452. The van der Waals surface area contributed by atoms with Crippen LogP contribution < -0.4 is 14.8 Å². The summed E-state index contributed by atoms with van der Waals surface area (Å²) in [7, 11) is 1.49. The molecule has 5 rings (SSSR count). The number of nitrogens with zero attached hydrogens (tertiary/aromatic N) is 2. The number of nitro benzene ring substituents is 1. The van der Waals surface area contributed by atoms with Gasteiger partial charge < -0.3 is 19.7 Å². The first kappa shape index (κ1) is 27.6. The number of carbonyl (C=O) groups excluding carboxylic acids is 1. The minimum absolute atomic E-state index is 0.0964. The van der Waals surface area contributed by atoms with Gasteiger partial charge in [0, 0.05) is 11.7 Å². The number of carbonyl (C=O) groups is 1. The highest BCUT2D eigenvalue weighted by Crippen LogP contribution is 2.44. The molecule has 0 aromatic heterocycles. The van der Waals surface area contributed by atoms with E-state index >= 15 is 0 Å². The highest BCUT2D eigenvalue weighted by atomic mass is 32.2. The van der Waals surface area contributed by atoms with E-state index in [2.05, 4.69) is 12.2 Å². The molecule has 8 nitrogen and oxygen atoms in total.